The van der Waals surface area contributed by atoms with E-state index in [0.29, 0.717) is 50.5 Å². The summed E-state index contributed by atoms with van der Waals surface area (Å²) in [4.78, 5) is 30.8. The summed E-state index contributed by atoms with van der Waals surface area (Å²) in [5.41, 5.74) is 9.00. The number of nitrogens with two attached hydrogens (primary N) is 1. The zero-order valence-corrected chi connectivity index (χ0v) is 17.7. The minimum absolute atomic E-state index is 0.0533. The van der Waals surface area contributed by atoms with Crippen molar-refractivity contribution in [3.05, 3.63) is 59.7 Å². The average molecular weight is 411 g/mol. The Kier molecular flexibility index (Phi) is 7.17. The molecule has 0 atom stereocenters. The molecule has 1 aliphatic heterocycles. The van der Waals surface area contributed by atoms with Crippen LogP contribution >= 0.6 is 0 Å². The van der Waals surface area contributed by atoms with Gasteiger partial charge in [-0.05, 0) is 37.6 Å². The summed E-state index contributed by atoms with van der Waals surface area (Å²) in [5, 5.41) is 0. The van der Waals surface area contributed by atoms with Gasteiger partial charge in [-0.15, -0.1) is 0 Å². The predicted molar refractivity (Wildman–Crippen MR) is 119 cm³/mol. The quantitative estimate of drug-likeness (QED) is 0.740. The maximum Gasteiger partial charge on any atom is 0.410 e. The molecule has 160 valence electrons. The van der Waals surface area contributed by atoms with Crippen LogP contribution in [0.15, 0.2) is 48.5 Å². The van der Waals surface area contributed by atoms with Crippen LogP contribution in [0.2, 0.25) is 0 Å². The van der Waals surface area contributed by atoms with Crippen molar-refractivity contribution >= 4 is 23.4 Å². The van der Waals surface area contributed by atoms with E-state index in [9.17, 15) is 9.59 Å². The molecule has 0 aliphatic carbocycles. The van der Waals surface area contributed by atoms with Crippen LogP contribution in [-0.4, -0.2) is 61.1 Å². The van der Waals surface area contributed by atoms with Gasteiger partial charge in [-0.25, -0.2) is 4.79 Å². The first-order valence-electron chi connectivity index (χ1n) is 10.4. The normalized spacial score (nSPS) is 13.8. The number of nitrogens with zero attached hydrogens (tertiary/aromatic N) is 3. The largest absolute Gasteiger partial charge is 0.445 e. The number of hydrogen-bond acceptors (Lipinski definition) is 5. The molecule has 2 aromatic rings. The zero-order valence-electron chi connectivity index (χ0n) is 17.7. The molecule has 0 radical (unpaired) electrons. The molecular weight excluding hydrogens is 380 g/mol. The van der Waals surface area contributed by atoms with E-state index < -0.39 is 0 Å². The minimum atomic E-state index is -0.298. The van der Waals surface area contributed by atoms with E-state index in [1.165, 1.54) is 0 Å². The zero-order chi connectivity index (χ0) is 21.5. The Morgan fingerprint density at radius 2 is 1.67 bits per heavy atom. The van der Waals surface area contributed by atoms with Gasteiger partial charge in [-0.2, -0.15) is 0 Å². The van der Waals surface area contributed by atoms with Gasteiger partial charge in [0.15, 0.2) is 0 Å². The van der Waals surface area contributed by atoms with Crippen molar-refractivity contribution in [3.8, 4) is 0 Å². The molecule has 7 heteroatoms. The predicted octanol–water partition coefficient (Wildman–Crippen LogP) is 3.21. The topological polar surface area (TPSA) is 79.1 Å². The monoisotopic (exact) mass is 410 g/mol. The summed E-state index contributed by atoms with van der Waals surface area (Å²) in [5.74, 6) is -0.0533. The van der Waals surface area contributed by atoms with Gasteiger partial charge in [0.1, 0.15) is 6.61 Å². The van der Waals surface area contributed by atoms with Gasteiger partial charge in [0.25, 0.3) is 5.91 Å². The summed E-state index contributed by atoms with van der Waals surface area (Å²) >= 11 is 0. The van der Waals surface area contributed by atoms with Crippen LogP contribution in [0.5, 0.6) is 0 Å². The van der Waals surface area contributed by atoms with Crippen molar-refractivity contribution in [2.75, 3.05) is 49.9 Å². The maximum atomic E-state index is 12.8. The minimum Gasteiger partial charge on any atom is -0.445 e. The first-order chi connectivity index (χ1) is 14.5. The molecule has 1 heterocycles. The number of nitrogen functional groups attached to an aromatic ring is 1. The number of hydrogen-bond donors (Lipinski definition) is 1. The van der Waals surface area contributed by atoms with E-state index in [-0.39, 0.29) is 18.6 Å². The second kappa shape index (κ2) is 10.0. The van der Waals surface area contributed by atoms with Crippen molar-refractivity contribution in [1.29, 1.82) is 0 Å². The molecule has 1 aliphatic rings. The molecule has 3 rings (SSSR count). The first-order valence-corrected chi connectivity index (χ1v) is 10.4. The van der Waals surface area contributed by atoms with Gasteiger partial charge in [0.05, 0.1) is 5.56 Å². The van der Waals surface area contributed by atoms with Gasteiger partial charge >= 0.3 is 6.09 Å². The maximum absolute atomic E-state index is 12.8. The van der Waals surface area contributed by atoms with Crippen LogP contribution in [0.25, 0.3) is 0 Å². The third-order valence-electron chi connectivity index (χ3n) is 5.43. The van der Waals surface area contributed by atoms with Gasteiger partial charge in [-0.1, -0.05) is 30.3 Å². The number of benzene rings is 2. The molecule has 2 amide bonds. The van der Waals surface area contributed by atoms with E-state index in [4.69, 9.17) is 10.5 Å². The van der Waals surface area contributed by atoms with E-state index >= 15 is 0 Å². The fraction of sp³-hybridized carbons (Fsp3) is 0.391. The molecule has 0 bridgehead atoms. The number of rotatable bonds is 6. The van der Waals surface area contributed by atoms with Crippen molar-refractivity contribution in [3.63, 3.8) is 0 Å². The van der Waals surface area contributed by atoms with Crippen molar-refractivity contribution in [1.82, 2.24) is 9.80 Å². The van der Waals surface area contributed by atoms with Crippen molar-refractivity contribution in [2.45, 2.75) is 20.5 Å². The lowest BCUT2D eigenvalue weighted by atomic mass is 10.1. The highest BCUT2D eigenvalue weighted by Gasteiger charge is 2.24. The average Bonchev–Trinajstić information content (AvgIpc) is 2.79. The van der Waals surface area contributed by atoms with Crippen LogP contribution in [0, 0.1) is 0 Å². The number of carbonyl (C=O) groups excluding carboxylic acids is 2. The number of piperazine rings is 1. The summed E-state index contributed by atoms with van der Waals surface area (Å²) < 4.78 is 5.43. The molecule has 0 saturated carbocycles. The number of amides is 2. The van der Waals surface area contributed by atoms with Crippen LogP contribution in [-0.2, 0) is 11.3 Å². The Balaban J connectivity index is 1.58. The molecular formula is C23H30N4O3. The molecule has 2 N–H and O–H groups in total. The van der Waals surface area contributed by atoms with E-state index in [1.807, 2.05) is 56.3 Å². The second-order valence-corrected chi connectivity index (χ2v) is 7.26. The van der Waals surface area contributed by atoms with Crippen molar-refractivity contribution in [2.24, 2.45) is 0 Å². The van der Waals surface area contributed by atoms with Crippen LogP contribution < -0.4 is 10.6 Å². The Morgan fingerprint density at radius 3 is 2.30 bits per heavy atom. The third kappa shape index (κ3) is 5.03. The summed E-state index contributed by atoms with van der Waals surface area (Å²) in [6, 6.07) is 15.2. The Bertz CT molecular complexity index is 860. The molecule has 0 unspecified atom stereocenters. The standard InChI is InChI=1S/C23H30N4O3/c1-3-25(4-2)22(28)20-16-19(10-11-21(20)24)26-12-14-27(15-13-26)23(29)30-17-18-8-6-5-7-9-18/h5-11,16H,3-4,12-15,17,24H2,1-2H3. The SMILES string of the molecule is CCN(CC)C(=O)c1cc(N2CCN(C(=O)OCc3ccccc3)CC2)ccc1N. The van der Waals surface area contributed by atoms with E-state index in [1.54, 1.807) is 15.9 Å². The molecule has 0 spiro atoms. The highest BCUT2D eigenvalue weighted by atomic mass is 16.6. The summed E-state index contributed by atoms with van der Waals surface area (Å²) in [6.07, 6.45) is -0.298. The fourth-order valence-corrected chi connectivity index (χ4v) is 3.57. The second-order valence-electron chi connectivity index (χ2n) is 7.26. The van der Waals surface area contributed by atoms with E-state index in [0.717, 1.165) is 11.3 Å². The van der Waals surface area contributed by atoms with Crippen LogP contribution in [0.3, 0.4) is 0 Å². The first kappa shape index (κ1) is 21.5. The van der Waals surface area contributed by atoms with Crippen LogP contribution in [0.4, 0.5) is 16.2 Å². The number of anilines is 2. The highest BCUT2D eigenvalue weighted by Crippen LogP contribution is 2.24. The highest BCUT2D eigenvalue weighted by molar-refractivity contribution is 6.00. The molecule has 1 fully saturated rings. The molecule has 30 heavy (non-hydrogen) atoms. The summed E-state index contributed by atoms with van der Waals surface area (Å²) in [6.45, 7) is 7.94. The Hall–Kier alpha value is -3.22. The molecule has 0 aromatic heterocycles. The molecule has 1 saturated heterocycles. The number of carbonyl (C=O) groups is 2. The van der Waals surface area contributed by atoms with E-state index in [2.05, 4.69) is 4.90 Å². The lowest BCUT2D eigenvalue weighted by molar-refractivity contribution is 0.0774. The lowest BCUT2D eigenvalue weighted by Gasteiger charge is -2.35. The Labute approximate surface area is 178 Å². The van der Waals surface area contributed by atoms with Crippen LogP contribution in [0.1, 0.15) is 29.8 Å². The third-order valence-corrected chi connectivity index (χ3v) is 5.43. The number of ether oxygens (including phenoxy) is 1. The summed E-state index contributed by atoms with van der Waals surface area (Å²) in [7, 11) is 0. The lowest BCUT2D eigenvalue weighted by Crippen LogP contribution is -2.49. The van der Waals surface area contributed by atoms with Gasteiger partial charge in [-0.3, -0.25) is 4.79 Å². The van der Waals surface area contributed by atoms with Gasteiger partial charge < -0.3 is 25.2 Å². The molecule has 2 aromatic carbocycles. The van der Waals surface area contributed by atoms with Crippen molar-refractivity contribution < 1.29 is 14.3 Å². The van der Waals surface area contributed by atoms with Gasteiger partial charge in [0.2, 0.25) is 0 Å². The smallest absolute Gasteiger partial charge is 0.410 e. The van der Waals surface area contributed by atoms with Gasteiger partial charge in [0, 0.05) is 50.6 Å². The fourth-order valence-electron chi connectivity index (χ4n) is 3.57. The molecule has 7 nitrogen and oxygen atoms in total. The Morgan fingerprint density at radius 1 is 1.00 bits per heavy atom.